The third kappa shape index (κ3) is 5.13. The highest BCUT2D eigenvalue weighted by Gasteiger charge is 2.31. The summed E-state index contributed by atoms with van der Waals surface area (Å²) in [4.78, 5) is 28.6. The van der Waals surface area contributed by atoms with Crippen LogP contribution < -0.4 is 19.9 Å². The number of para-hydroxylation sites is 1. The molecular formula is C26H32FN7O2. The van der Waals surface area contributed by atoms with E-state index in [1.807, 2.05) is 0 Å². The Kier molecular flexibility index (Phi) is 7.30. The van der Waals surface area contributed by atoms with E-state index in [0.717, 1.165) is 43.9 Å². The number of hydrogen-bond donors (Lipinski definition) is 1. The summed E-state index contributed by atoms with van der Waals surface area (Å²) in [7, 11) is 2.10. The molecule has 2 atom stereocenters. The Morgan fingerprint density at radius 2 is 2.11 bits per heavy atom. The first-order valence-corrected chi connectivity index (χ1v) is 12.7. The molecular weight excluding hydrogens is 461 g/mol. The summed E-state index contributed by atoms with van der Waals surface area (Å²) in [6.45, 7) is 3.77. The van der Waals surface area contributed by atoms with Crippen molar-refractivity contribution in [2.24, 2.45) is 0 Å². The molecule has 0 radical (unpaired) electrons. The Hall–Kier alpha value is -3.29. The third-order valence-electron chi connectivity index (χ3n) is 7.36. The predicted molar refractivity (Wildman–Crippen MR) is 133 cm³/mol. The number of carbonyl (C=O) groups is 1. The Labute approximate surface area is 210 Å². The molecule has 1 amide bonds. The summed E-state index contributed by atoms with van der Waals surface area (Å²) in [6.07, 6.45) is 3.31. The number of aromatic nitrogens is 2. The molecule has 0 saturated carbocycles. The van der Waals surface area contributed by atoms with E-state index in [4.69, 9.17) is 14.7 Å². The lowest BCUT2D eigenvalue weighted by Crippen LogP contribution is -2.51. The second-order valence-electron chi connectivity index (χ2n) is 9.73. The molecule has 0 spiro atoms. The summed E-state index contributed by atoms with van der Waals surface area (Å²) in [5, 5.41) is 12.6. The van der Waals surface area contributed by atoms with E-state index in [9.17, 15) is 14.4 Å². The minimum atomic E-state index is -0.439. The number of carbonyl (C=O) groups excluding carboxylic acids is 1. The average molecular weight is 494 g/mol. The Morgan fingerprint density at radius 3 is 2.89 bits per heavy atom. The van der Waals surface area contributed by atoms with Gasteiger partial charge in [0, 0.05) is 43.7 Å². The second kappa shape index (κ2) is 10.8. The predicted octanol–water partition coefficient (Wildman–Crippen LogP) is 2.26. The first-order chi connectivity index (χ1) is 17.5. The molecule has 0 bridgehead atoms. The lowest BCUT2D eigenvalue weighted by Gasteiger charge is -2.35. The molecule has 10 heteroatoms. The molecule has 5 rings (SSSR count). The van der Waals surface area contributed by atoms with Crippen molar-refractivity contribution in [1.82, 2.24) is 20.2 Å². The van der Waals surface area contributed by atoms with Gasteiger partial charge in [0.15, 0.2) is 0 Å². The Bertz CT molecular complexity index is 1150. The molecule has 4 heterocycles. The zero-order valence-electron chi connectivity index (χ0n) is 20.6. The van der Waals surface area contributed by atoms with Crippen LogP contribution in [0.2, 0.25) is 0 Å². The minimum Gasteiger partial charge on any atom is -0.462 e. The van der Waals surface area contributed by atoms with Gasteiger partial charge >= 0.3 is 6.01 Å². The fraction of sp³-hybridized carbons (Fsp3) is 0.538. The van der Waals surface area contributed by atoms with Crippen molar-refractivity contribution >= 4 is 17.4 Å². The molecule has 3 aliphatic heterocycles. The van der Waals surface area contributed by atoms with Crippen LogP contribution in [0.5, 0.6) is 6.01 Å². The van der Waals surface area contributed by atoms with Crippen LogP contribution in [0.25, 0.3) is 0 Å². The van der Waals surface area contributed by atoms with Gasteiger partial charge in [0.1, 0.15) is 18.2 Å². The van der Waals surface area contributed by atoms with Crippen LogP contribution in [0.4, 0.5) is 15.9 Å². The summed E-state index contributed by atoms with van der Waals surface area (Å²) < 4.78 is 20.8. The molecule has 3 aliphatic rings. The fourth-order valence-electron chi connectivity index (χ4n) is 5.33. The maximum absolute atomic E-state index is 14.7. The SMILES string of the molecule is CN1CCCC1COc1nc2c(c(N3CCNC(CC#N)C3)n1)CCC(=O)N(c1ccccc1F)C2. The lowest BCUT2D eigenvalue weighted by molar-refractivity contribution is -0.118. The van der Waals surface area contributed by atoms with Gasteiger partial charge < -0.3 is 24.8 Å². The zero-order chi connectivity index (χ0) is 25.1. The van der Waals surface area contributed by atoms with Crippen LogP contribution >= 0.6 is 0 Å². The Morgan fingerprint density at radius 1 is 1.25 bits per heavy atom. The first-order valence-electron chi connectivity index (χ1n) is 12.7. The van der Waals surface area contributed by atoms with Crippen molar-refractivity contribution in [3.8, 4) is 12.1 Å². The molecule has 36 heavy (non-hydrogen) atoms. The fourth-order valence-corrected chi connectivity index (χ4v) is 5.33. The highest BCUT2D eigenvalue weighted by Crippen LogP contribution is 2.32. The van der Waals surface area contributed by atoms with E-state index >= 15 is 0 Å². The number of ether oxygens (including phenoxy) is 1. The van der Waals surface area contributed by atoms with Crippen molar-refractivity contribution in [3.05, 3.63) is 41.3 Å². The molecule has 1 aromatic carbocycles. The number of nitrogens with zero attached hydrogens (tertiary/aromatic N) is 6. The summed E-state index contributed by atoms with van der Waals surface area (Å²) >= 11 is 0. The largest absolute Gasteiger partial charge is 0.462 e. The monoisotopic (exact) mass is 493 g/mol. The summed E-state index contributed by atoms with van der Waals surface area (Å²) in [5.41, 5.74) is 1.83. The number of halogens is 1. The molecule has 190 valence electrons. The van der Waals surface area contributed by atoms with Crippen molar-refractivity contribution in [3.63, 3.8) is 0 Å². The molecule has 9 nitrogen and oxygen atoms in total. The van der Waals surface area contributed by atoms with Crippen LogP contribution in [0, 0.1) is 17.1 Å². The normalized spacial score (nSPS) is 22.8. The number of piperazine rings is 1. The van der Waals surface area contributed by atoms with Crippen molar-refractivity contribution < 1.29 is 13.9 Å². The van der Waals surface area contributed by atoms with Gasteiger partial charge in [0.2, 0.25) is 5.91 Å². The maximum atomic E-state index is 14.7. The average Bonchev–Trinajstić information content (AvgIpc) is 3.22. The molecule has 1 N–H and O–H groups in total. The van der Waals surface area contributed by atoms with E-state index in [-0.39, 0.29) is 36.6 Å². The molecule has 2 fully saturated rings. The third-order valence-corrected chi connectivity index (χ3v) is 7.36. The number of likely N-dealkylation sites (tertiary alicyclic amines) is 1. The summed E-state index contributed by atoms with van der Waals surface area (Å²) in [6, 6.07) is 9.20. The van der Waals surface area contributed by atoms with Gasteiger partial charge in [0.05, 0.1) is 30.4 Å². The van der Waals surface area contributed by atoms with E-state index in [1.54, 1.807) is 18.2 Å². The number of nitriles is 1. The van der Waals surface area contributed by atoms with Gasteiger partial charge in [-0.15, -0.1) is 0 Å². The van der Waals surface area contributed by atoms with Gasteiger partial charge in [-0.05, 0) is 45.0 Å². The molecule has 0 aliphatic carbocycles. The second-order valence-corrected chi connectivity index (χ2v) is 9.73. The topological polar surface area (TPSA) is 97.6 Å². The lowest BCUT2D eigenvalue weighted by atomic mass is 10.1. The van der Waals surface area contributed by atoms with Crippen LogP contribution in [0.3, 0.4) is 0 Å². The highest BCUT2D eigenvalue weighted by atomic mass is 19.1. The zero-order valence-corrected chi connectivity index (χ0v) is 20.6. The van der Waals surface area contributed by atoms with Gasteiger partial charge in [-0.3, -0.25) is 4.79 Å². The quantitative estimate of drug-likeness (QED) is 0.655. The molecule has 2 aromatic rings. The number of amides is 1. The van der Waals surface area contributed by atoms with E-state index in [0.29, 0.717) is 37.7 Å². The standard InChI is InChI=1S/C26H32FN7O2/c1-32-13-4-5-19(32)17-36-26-30-22-16-34(23-7-3-2-6-21(23)27)24(35)9-8-20(22)25(31-26)33-14-12-29-18(15-33)10-11-28/h2-3,6-7,18-19,29H,4-5,8-10,12-17H2,1H3. The van der Waals surface area contributed by atoms with Gasteiger partial charge in [-0.25, -0.2) is 4.39 Å². The number of rotatable bonds is 6. The minimum absolute atomic E-state index is 0.0354. The summed E-state index contributed by atoms with van der Waals surface area (Å²) in [5.74, 6) is 0.162. The van der Waals surface area contributed by atoms with E-state index < -0.39 is 5.82 Å². The maximum Gasteiger partial charge on any atom is 0.318 e. The van der Waals surface area contributed by atoms with Crippen LogP contribution in [0.15, 0.2) is 24.3 Å². The van der Waals surface area contributed by atoms with Crippen molar-refractivity contribution in [2.45, 2.75) is 50.7 Å². The molecule has 2 saturated heterocycles. The number of likely N-dealkylation sites (N-methyl/N-ethyl adjacent to an activating group) is 1. The number of nitrogens with one attached hydrogen (secondary N) is 1. The first kappa shape index (κ1) is 24.4. The van der Waals surface area contributed by atoms with Gasteiger partial charge in [-0.2, -0.15) is 15.2 Å². The number of benzene rings is 1. The van der Waals surface area contributed by atoms with Crippen molar-refractivity contribution in [2.75, 3.05) is 49.6 Å². The molecule has 1 aromatic heterocycles. The highest BCUT2D eigenvalue weighted by molar-refractivity contribution is 5.94. The van der Waals surface area contributed by atoms with Crippen LogP contribution in [-0.2, 0) is 17.8 Å². The molecule has 2 unspecified atom stereocenters. The van der Waals surface area contributed by atoms with Crippen LogP contribution in [0.1, 0.15) is 36.9 Å². The smallest absolute Gasteiger partial charge is 0.318 e. The number of hydrogen-bond acceptors (Lipinski definition) is 8. The number of anilines is 2. The van der Waals surface area contributed by atoms with Gasteiger partial charge in [-0.1, -0.05) is 12.1 Å². The van der Waals surface area contributed by atoms with E-state index in [1.165, 1.54) is 11.0 Å². The number of fused-ring (bicyclic) bond motifs is 1. The Balaban J connectivity index is 1.49. The van der Waals surface area contributed by atoms with Crippen LogP contribution in [-0.4, -0.2) is 72.7 Å². The van der Waals surface area contributed by atoms with Gasteiger partial charge in [0.25, 0.3) is 0 Å². The van der Waals surface area contributed by atoms with Crippen molar-refractivity contribution in [1.29, 1.82) is 5.26 Å². The van der Waals surface area contributed by atoms with E-state index in [2.05, 4.69) is 28.2 Å².